The molecule has 2 atom stereocenters. The zero-order chi connectivity index (χ0) is 13.7. The third-order valence-corrected chi connectivity index (χ3v) is 3.09. The fourth-order valence-electron chi connectivity index (χ4n) is 1.77. The van der Waals surface area contributed by atoms with Gasteiger partial charge in [0, 0.05) is 26.3 Å². The van der Waals surface area contributed by atoms with Crippen molar-refractivity contribution in [1.82, 2.24) is 4.90 Å². The molecule has 0 saturated carbocycles. The number of carbonyl (C=O) groups is 1. The topological polar surface area (TPSA) is 75.8 Å². The molecule has 0 radical (unpaired) electrons. The number of nitrogens with two attached hydrogens (primary N) is 1. The lowest BCUT2D eigenvalue weighted by Gasteiger charge is -2.28. The fourth-order valence-corrected chi connectivity index (χ4v) is 1.77. The minimum Gasteiger partial charge on any atom is -0.508 e. The predicted molar refractivity (Wildman–Crippen MR) is 69.1 cm³/mol. The Balaban J connectivity index is 2.87. The molecule has 3 N–H and O–H groups in total. The molecule has 0 aliphatic rings. The van der Waals surface area contributed by atoms with Gasteiger partial charge in [-0.2, -0.15) is 0 Å². The van der Waals surface area contributed by atoms with Crippen molar-refractivity contribution in [3.63, 3.8) is 0 Å². The zero-order valence-corrected chi connectivity index (χ0v) is 11.0. The van der Waals surface area contributed by atoms with E-state index in [9.17, 15) is 9.90 Å². The van der Waals surface area contributed by atoms with E-state index in [1.54, 1.807) is 25.2 Å². The highest BCUT2D eigenvalue weighted by Crippen LogP contribution is 2.27. The largest absolute Gasteiger partial charge is 0.508 e. The molecule has 0 bridgehead atoms. The van der Waals surface area contributed by atoms with Crippen molar-refractivity contribution in [2.45, 2.75) is 19.1 Å². The number of hydrogen-bond acceptors (Lipinski definition) is 4. The van der Waals surface area contributed by atoms with Crippen molar-refractivity contribution in [2.75, 3.05) is 20.7 Å². The number of benzene rings is 1. The Morgan fingerprint density at radius 3 is 2.61 bits per heavy atom. The van der Waals surface area contributed by atoms with E-state index in [2.05, 4.69) is 0 Å². The molecule has 0 saturated heterocycles. The first-order chi connectivity index (χ1) is 8.52. The second-order valence-electron chi connectivity index (χ2n) is 4.14. The first-order valence-electron chi connectivity index (χ1n) is 5.80. The number of ether oxygens (including phenoxy) is 1. The normalized spacial score (nSPS) is 14.0. The summed E-state index contributed by atoms with van der Waals surface area (Å²) in [5.41, 5.74) is 6.16. The van der Waals surface area contributed by atoms with Crippen LogP contribution in [-0.4, -0.2) is 42.7 Å². The van der Waals surface area contributed by atoms with Crippen LogP contribution in [0, 0.1) is 0 Å². The molecule has 0 spiro atoms. The Morgan fingerprint density at radius 1 is 1.50 bits per heavy atom. The van der Waals surface area contributed by atoms with Gasteiger partial charge in [-0.15, -0.1) is 0 Å². The average Bonchev–Trinajstić information content (AvgIpc) is 2.39. The average molecular weight is 252 g/mol. The van der Waals surface area contributed by atoms with Crippen LogP contribution in [0.25, 0.3) is 0 Å². The van der Waals surface area contributed by atoms with E-state index in [4.69, 9.17) is 10.5 Å². The van der Waals surface area contributed by atoms with Gasteiger partial charge in [0.05, 0.1) is 6.04 Å². The monoisotopic (exact) mass is 252 g/mol. The van der Waals surface area contributed by atoms with Crippen molar-refractivity contribution >= 4 is 5.91 Å². The summed E-state index contributed by atoms with van der Waals surface area (Å²) in [5.74, 6) is -0.0258. The summed E-state index contributed by atoms with van der Waals surface area (Å²) in [6.45, 7) is 1.98. The van der Waals surface area contributed by atoms with Crippen molar-refractivity contribution in [3.05, 3.63) is 29.8 Å². The number of phenolic OH excluding ortho intramolecular Hbond substituents is 1. The van der Waals surface area contributed by atoms with Gasteiger partial charge in [-0.1, -0.05) is 18.2 Å². The predicted octanol–water partition coefficient (Wildman–Crippen LogP) is 0.885. The van der Waals surface area contributed by atoms with Gasteiger partial charge in [0.2, 0.25) is 0 Å². The Labute approximate surface area is 107 Å². The molecule has 2 unspecified atom stereocenters. The molecule has 0 heterocycles. The molecule has 100 valence electrons. The van der Waals surface area contributed by atoms with Crippen LogP contribution in [0.1, 0.15) is 18.5 Å². The summed E-state index contributed by atoms with van der Waals surface area (Å²) in [5, 5.41) is 9.77. The molecule has 1 rings (SSSR count). The van der Waals surface area contributed by atoms with Crippen LogP contribution in [-0.2, 0) is 9.53 Å². The summed E-state index contributed by atoms with van der Waals surface area (Å²) >= 11 is 0. The number of methoxy groups -OCH3 is 1. The van der Waals surface area contributed by atoms with Crippen LogP contribution >= 0.6 is 0 Å². The number of nitrogens with zero attached hydrogens (tertiary/aromatic N) is 1. The van der Waals surface area contributed by atoms with Gasteiger partial charge in [0.25, 0.3) is 5.91 Å². The summed E-state index contributed by atoms with van der Waals surface area (Å²) in [4.78, 5) is 13.6. The van der Waals surface area contributed by atoms with E-state index >= 15 is 0 Å². The smallest absolute Gasteiger partial charge is 0.253 e. The summed E-state index contributed by atoms with van der Waals surface area (Å²) in [6.07, 6.45) is -0.650. The molecule has 0 aromatic heterocycles. The molecule has 0 aliphatic carbocycles. The van der Waals surface area contributed by atoms with Crippen molar-refractivity contribution in [2.24, 2.45) is 5.73 Å². The minimum absolute atomic E-state index is 0.132. The van der Waals surface area contributed by atoms with Gasteiger partial charge in [-0.05, 0) is 13.0 Å². The van der Waals surface area contributed by atoms with E-state index in [0.717, 1.165) is 0 Å². The van der Waals surface area contributed by atoms with Crippen LogP contribution in [0.2, 0.25) is 0 Å². The molecule has 1 aromatic carbocycles. The molecule has 0 aliphatic heterocycles. The van der Waals surface area contributed by atoms with E-state index in [1.807, 2.05) is 13.0 Å². The van der Waals surface area contributed by atoms with Gasteiger partial charge in [-0.25, -0.2) is 0 Å². The van der Waals surface area contributed by atoms with Gasteiger partial charge < -0.3 is 20.5 Å². The SMILES string of the molecule is COC(CN)C(=O)N(C)C(C)c1ccccc1O. The molecule has 5 heteroatoms. The Kier molecular flexibility index (Phi) is 5.12. The first kappa shape index (κ1) is 14.5. The number of hydrogen-bond donors (Lipinski definition) is 2. The molecule has 0 fully saturated rings. The molecular formula is C13H20N2O3. The lowest BCUT2D eigenvalue weighted by atomic mass is 10.1. The second kappa shape index (κ2) is 6.37. The summed E-state index contributed by atoms with van der Waals surface area (Å²) < 4.78 is 5.02. The molecule has 1 aromatic rings. The number of para-hydroxylation sites is 1. The molecular weight excluding hydrogens is 232 g/mol. The fraction of sp³-hybridized carbons (Fsp3) is 0.462. The Bertz CT molecular complexity index is 405. The number of aromatic hydroxyl groups is 1. The van der Waals surface area contributed by atoms with Crippen molar-refractivity contribution in [3.8, 4) is 5.75 Å². The highest BCUT2D eigenvalue weighted by Gasteiger charge is 2.25. The maximum absolute atomic E-state index is 12.1. The highest BCUT2D eigenvalue weighted by molar-refractivity contribution is 5.81. The van der Waals surface area contributed by atoms with Gasteiger partial charge in [0.15, 0.2) is 0 Å². The number of likely N-dealkylation sites (N-methyl/N-ethyl adjacent to an activating group) is 1. The molecule has 18 heavy (non-hydrogen) atoms. The van der Waals surface area contributed by atoms with E-state index in [1.165, 1.54) is 12.0 Å². The Hall–Kier alpha value is -1.59. The van der Waals surface area contributed by atoms with Crippen LogP contribution in [0.15, 0.2) is 24.3 Å². The van der Waals surface area contributed by atoms with Gasteiger partial charge in [0.1, 0.15) is 11.9 Å². The molecule has 5 nitrogen and oxygen atoms in total. The lowest BCUT2D eigenvalue weighted by Crippen LogP contribution is -2.42. The zero-order valence-electron chi connectivity index (χ0n) is 11.0. The van der Waals surface area contributed by atoms with E-state index < -0.39 is 6.10 Å². The summed E-state index contributed by atoms with van der Waals surface area (Å²) in [7, 11) is 3.12. The first-order valence-corrected chi connectivity index (χ1v) is 5.80. The summed E-state index contributed by atoms with van der Waals surface area (Å²) in [6, 6.07) is 6.70. The number of carbonyl (C=O) groups excluding carboxylic acids is 1. The standard InChI is InChI=1S/C13H20N2O3/c1-9(10-6-4-5-7-11(10)16)15(2)13(17)12(8-14)18-3/h4-7,9,12,16H,8,14H2,1-3H3. The van der Waals surface area contributed by atoms with Crippen LogP contribution in [0.4, 0.5) is 0 Å². The quantitative estimate of drug-likeness (QED) is 0.816. The maximum atomic E-state index is 12.1. The van der Waals surface area contributed by atoms with Crippen LogP contribution in [0.5, 0.6) is 5.75 Å². The van der Waals surface area contributed by atoms with Gasteiger partial charge in [-0.3, -0.25) is 4.79 Å². The Morgan fingerprint density at radius 2 is 2.11 bits per heavy atom. The number of phenols is 1. The number of amides is 1. The third kappa shape index (κ3) is 3.00. The van der Waals surface area contributed by atoms with E-state index in [-0.39, 0.29) is 24.2 Å². The number of rotatable bonds is 5. The lowest BCUT2D eigenvalue weighted by molar-refractivity contribution is -0.142. The van der Waals surface area contributed by atoms with E-state index in [0.29, 0.717) is 5.56 Å². The van der Waals surface area contributed by atoms with Gasteiger partial charge >= 0.3 is 0 Å². The highest BCUT2D eigenvalue weighted by atomic mass is 16.5. The second-order valence-corrected chi connectivity index (χ2v) is 4.14. The minimum atomic E-state index is -0.650. The maximum Gasteiger partial charge on any atom is 0.253 e. The van der Waals surface area contributed by atoms with Crippen molar-refractivity contribution in [1.29, 1.82) is 0 Å². The molecule has 1 amide bonds. The van der Waals surface area contributed by atoms with Crippen molar-refractivity contribution < 1.29 is 14.6 Å². The van der Waals surface area contributed by atoms with Crippen LogP contribution < -0.4 is 5.73 Å². The third-order valence-electron chi connectivity index (χ3n) is 3.09. The van der Waals surface area contributed by atoms with Crippen LogP contribution in [0.3, 0.4) is 0 Å².